The Balaban J connectivity index is 2.31. The van der Waals surface area contributed by atoms with Gasteiger partial charge in [-0.25, -0.2) is 0 Å². The summed E-state index contributed by atoms with van der Waals surface area (Å²) in [6, 6.07) is -0.441. The molecule has 0 saturated heterocycles. The zero-order chi connectivity index (χ0) is 12.0. The van der Waals surface area contributed by atoms with Crippen LogP contribution in [0.25, 0.3) is 0 Å². The Morgan fingerprint density at radius 1 is 1.25 bits per heavy atom. The van der Waals surface area contributed by atoms with E-state index >= 15 is 0 Å². The average molecular weight is 227 g/mol. The first-order valence-corrected chi connectivity index (χ1v) is 6.55. The summed E-state index contributed by atoms with van der Waals surface area (Å²) in [6.07, 6.45) is 7.76. The Kier molecular flexibility index (Phi) is 5.81. The van der Waals surface area contributed by atoms with E-state index in [0.29, 0.717) is 12.3 Å². The number of rotatable bonds is 4. The maximum absolute atomic E-state index is 11.7. The summed E-state index contributed by atoms with van der Waals surface area (Å²) >= 11 is 0. The average Bonchev–Trinajstić information content (AvgIpc) is 2.45. The highest BCUT2D eigenvalue weighted by molar-refractivity contribution is 5.75. The third-order valence-electron chi connectivity index (χ3n) is 3.11. The van der Waals surface area contributed by atoms with Gasteiger partial charge in [0.15, 0.2) is 0 Å². The maximum atomic E-state index is 11.7. The summed E-state index contributed by atoms with van der Waals surface area (Å²) in [5, 5.41) is 0. The number of carbonyl (C=O) groups is 1. The van der Waals surface area contributed by atoms with Crippen LogP contribution in [0.15, 0.2) is 0 Å². The molecule has 0 aromatic rings. The molecule has 1 saturated carbocycles. The molecule has 3 nitrogen and oxygen atoms in total. The molecule has 1 aliphatic carbocycles. The van der Waals surface area contributed by atoms with Gasteiger partial charge in [0, 0.05) is 0 Å². The van der Waals surface area contributed by atoms with E-state index in [0.717, 1.165) is 12.8 Å². The van der Waals surface area contributed by atoms with Crippen LogP contribution >= 0.6 is 0 Å². The molecule has 1 aliphatic rings. The molecule has 0 aromatic heterocycles. The van der Waals surface area contributed by atoms with Crippen LogP contribution in [0.3, 0.4) is 0 Å². The van der Waals surface area contributed by atoms with Gasteiger partial charge in [0.1, 0.15) is 12.1 Å². The minimum atomic E-state index is -0.441. The van der Waals surface area contributed by atoms with Crippen molar-refractivity contribution in [1.29, 1.82) is 0 Å². The standard InChI is InChI=1S/C13H25NO2/c1-10(2)9-12(14)13(15)16-11-7-5-3-4-6-8-11/h10-12H,3-9,14H2,1-2H3. The van der Waals surface area contributed by atoms with E-state index < -0.39 is 6.04 Å². The molecule has 0 radical (unpaired) electrons. The Morgan fingerprint density at radius 2 is 1.81 bits per heavy atom. The van der Waals surface area contributed by atoms with Gasteiger partial charge in [-0.05, 0) is 38.0 Å². The Hall–Kier alpha value is -0.570. The molecule has 0 spiro atoms. The first-order chi connectivity index (χ1) is 7.59. The molecule has 94 valence electrons. The van der Waals surface area contributed by atoms with Crippen LogP contribution in [0.1, 0.15) is 58.8 Å². The molecule has 0 aromatic carbocycles. The number of hydrogen-bond donors (Lipinski definition) is 1. The largest absolute Gasteiger partial charge is 0.461 e. The summed E-state index contributed by atoms with van der Waals surface area (Å²) in [5.74, 6) is 0.234. The van der Waals surface area contributed by atoms with Gasteiger partial charge in [0.2, 0.25) is 0 Å². The van der Waals surface area contributed by atoms with Crippen molar-refractivity contribution in [1.82, 2.24) is 0 Å². The van der Waals surface area contributed by atoms with Crippen molar-refractivity contribution in [3.8, 4) is 0 Å². The summed E-state index contributed by atoms with van der Waals surface area (Å²) in [7, 11) is 0. The van der Waals surface area contributed by atoms with E-state index in [1.54, 1.807) is 0 Å². The van der Waals surface area contributed by atoms with E-state index in [-0.39, 0.29) is 12.1 Å². The molecule has 2 N–H and O–H groups in total. The molecular formula is C13H25NO2. The maximum Gasteiger partial charge on any atom is 0.323 e. The number of nitrogens with two attached hydrogens (primary N) is 1. The smallest absolute Gasteiger partial charge is 0.323 e. The van der Waals surface area contributed by atoms with E-state index in [1.165, 1.54) is 25.7 Å². The quantitative estimate of drug-likeness (QED) is 0.593. The molecule has 3 heteroatoms. The molecule has 1 rings (SSSR count). The van der Waals surface area contributed by atoms with Crippen LogP contribution < -0.4 is 5.73 Å². The van der Waals surface area contributed by atoms with Crippen molar-refractivity contribution in [2.45, 2.75) is 70.9 Å². The molecule has 1 unspecified atom stereocenters. The lowest BCUT2D eigenvalue weighted by Gasteiger charge is -2.19. The van der Waals surface area contributed by atoms with Crippen LogP contribution in [-0.4, -0.2) is 18.1 Å². The predicted octanol–water partition coefficient (Wildman–Crippen LogP) is 2.63. The van der Waals surface area contributed by atoms with Crippen LogP contribution in [0.5, 0.6) is 0 Å². The minimum Gasteiger partial charge on any atom is -0.461 e. The van der Waals surface area contributed by atoms with Crippen molar-refractivity contribution in [3.05, 3.63) is 0 Å². The Bertz CT molecular complexity index is 208. The molecule has 0 bridgehead atoms. The minimum absolute atomic E-state index is 0.119. The second-order valence-corrected chi connectivity index (χ2v) is 5.29. The van der Waals surface area contributed by atoms with Gasteiger partial charge in [-0.1, -0.05) is 26.7 Å². The third kappa shape index (κ3) is 4.97. The Labute approximate surface area is 98.7 Å². The van der Waals surface area contributed by atoms with Crippen molar-refractivity contribution >= 4 is 5.97 Å². The summed E-state index contributed by atoms with van der Waals surface area (Å²) in [5.41, 5.74) is 5.80. The van der Waals surface area contributed by atoms with Gasteiger partial charge in [-0.3, -0.25) is 4.79 Å². The predicted molar refractivity (Wildman–Crippen MR) is 65.0 cm³/mol. The summed E-state index contributed by atoms with van der Waals surface area (Å²) in [4.78, 5) is 11.7. The summed E-state index contributed by atoms with van der Waals surface area (Å²) < 4.78 is 5.47. The van der Waals surface area contributed by atoms with Crippen LogP contribution in [0, 0.1) is 5.92 Å². The highest BCUT2D eigenvalue weighted by Gasteiger charge is 2.21. The second-order valence-electron chi connectivity index (χ2n) is 5.29. The second kappa shape index (κ2) is 6.89. The molecule has 16 heavy (non-hydrogen) atoms. The number of carbonyl (C=O) groups excluding carboxylic acids is 1. The third-order valence-corrected chi connectivity index (χ3v) is 3.11. The molecular weight excluding hydrogens is 202 g/mol. The van der Waals surface area contributed by atoms with Gasteiger partial charge in [-0.15, -0.1) is 0 Å². The lowest BCUT2D eigenvalue weighted by atomic mass is 10.0. The first-order valence-electron chi connectivity index (χ1n) is 6.55. The van der Waals surface area contributed by atoms with Crippen molar-refractivity contribution in [2.24, 2.45) is 11.7 Å². The number of esters is 1. The van der Waals surface area contributed by atoms with Crippen LogP contribution in [0.2, 0.25) is 0 Å². The topological polar surface area (TPSA) is 52.3 Å². The van der Waals surface area contributed by atoms with Gasteiger partial charge >= 0.3 is 5.97 Å². The lowest BCUT2D eigenvalue weighted by Crippen LogP contribution is -2.36. The molecule has 0 heterocycles. The van der Waals surface area contributed by atoms with Gasteiger partial charge in [-0.2, -0.15) is 0 Å². The monoisotopic (exact) mass is 227 g/mol. The molecule has 0 amide bonds. The van der Waals surface area contributed by atoms with Crippen molar-refractivity contribution < 1.29 is 9.53 Å². The van der Waals surface area contributed by atoms with Crippen LogP contribution in [0.4, 0.5) is 0 Å². The van der Waals surface area contributed by atoms with E-state index in [2.05, 4.69) is 13.8 Å². The highest BCUT2D eigenvalue weighted by atomic mass is 16.5. The fraction of sp³-hybridized carbons (Fsp3) is 0.923. The molecule has 1 atom stereocenters. The number of ether oxygens (including phenoxy) is 1. The Morgan fingerprint density at radius 3 is 2.31 bits per heavy atom. The first kappa shape index (κ1) is 13.5. The molecule has 1 fully saturated rings. The fourth-order valence-electron chi connectivity index (χ4n) is 2.22. The SMILES string of the molecule is CC(C)CC(N)C(=O)OC1CCCCCC1. The molecule has 0 aliphatic heterocycles. The fourth-order valence-corrected chi connectivity index (χ4v) is 2.22. The lowest BCUT2D eigenvalue weighted by molar-refractivity contribution is -0.151. The zero-order valence-corrected chi connectivity index (χ0v) is 10.6. The van der Waals surface area contributed by atoms with E-state index in [9.17, 15) is 4.79 Å². The van der Waals surface area contributed by atoms with Crippen LogP contribution in [-0.2, 0) is 9.53 Å². The normalized spacial score (nSPS) is 20.5. The van der Waals surface area contributed by atoms with Crippen molar-refractivity contribution in [2.75, 3.05) is 0 Å². The van der Waals surface area contributed by atoms with Crippen molar-refractivity contribution in [3.63, 3.8) is 0 Å². The van der Waals surface area contributed by atoms with E-state index in [4.69, 9.17) is 10.5 Å². The van der Waals surface area contributed by atoms with Gasteiger partial charge < -0.3 is 10.5 Å². The highest BCUT2D eigenvalue weighted by Crippen LogP contribution is 2.20. The van der Waals surface area contributed by atoms with E-state index in [1.807, 2.05) is 0 Å². The summed E-state index contributed by atoms with van der Waals surface area (Å²) in [6.45, 7) is 4.14. The van der Waals surface area contributed by atoms with Gasteiger partial charge in [0.25, 0.3) is 0 Å². The zero-order valence-electron chi connectivity index (χ0n) is 10.6. The number of hydrogen-bond acceptors (Lipinski definition) is 3. The van der Waals surface area contributed by atoms with Gasteiger partial charge in [0.05, 0.1) is 0 Å².